The summed E-state index contributed by atoms with van der Waals surface area (Å²) in [5.74, 6) is 0. The van der Waals surface area contributed by atoms with Crippen LogP contribution in [-0.2, 0) is 6.54 Å². The second-order valence-corrected chi connectivity index (χ2v) is 6.94. The number of benzene rings is 2. The van der Waals surface area contributed by atoms with E-state index < -0.39 is 5.69 Å². The third-order valence-electron chi connectivity index (χ3n) is 4.45. The number of H-pyrrole nitrogens is 1. The molecule has 0 spiro atoms. The highest BCUT2D eigenvalue weighted by Gasteiger charge is 2.15. The van der Waals surface area contributed by atoms with Crippen LogP contribution in [0.1, 0.15) is 12.8 Å². The number of rotatable bonds is 4. The fraction of sp³-hybridized carbons (Fsp3) is 0.150. The Bertz CT molecular complexity index is 1270. The van der Waals surface area contributed by atoms with Gasteiger partial charge in [0.15, 0.2) is 0 Å². The molecule has 0 atom stereocenters. The van der Waals surface area contributed by atoms with Crippen LogP contribution in [0.3, 0.4) is 0 Å². The average Bonchev–Trinajstić information content (AvgIpc) is 3.08. The SMILES string of the molecule is N#CCCCn1c(=O)[nH]c2scc(-c3ccc4ccccc4c3)c2c1=O. The van der Waals surface area contributed by atoms with Crippen molar-refractivity contribution >= 4 is 32.3 Å². The van der Waals surface area contributed by atoms with E-state index >= 15 is 0 Å². The molecule has 2 aromatic heterocycles. The van der Waals surface area contributed by atoms with E-state index in [1.54, 1.807) is 0 Å². The number of hydrogen-bond donors (Lipinski definition) is 1. The van der Waals surface area contributed by atoms with Crippen molar-refractivity contribution in [2.24, 2.45) is 0 Å². The summed E-state index contributed by atoms with van der Waals surface area (Å²) in [6.45, 7) is 0.241. The van der Waals surface area contributed by atoms with E-state index in [1.807, 2.05) is 47.8 Å². The van der Waals surface area contributed by atoms with Gasteiger partial charge in [-0.15, -0.1) is 11.3 Å². The molecule has 0 unspecified atom stereocenters. The lowest BCUT2D eigenvalue weighted by molar-refractivity contribution is 0.605. The minimum atomic E-state index is -0.424. The number of unbranched alkanes of at least 4 members (excludes halogenated alkanes) is 1. The molecule has 128 valence electrons. The summed E-state index contributed by atoms with van der Waals surface area (Å²) in [6, 6.07) is 16.2. The molecule has 0 radical (unpaired) electrons. The molecule has 1 N–H and O–H groups in total. The van der Waals surface area contributed by atoms with Crippen LogP contribution in [0.4, 0.5) is 0 Å². The van der Waals surface area contributed by atoms with Crippen LogP contribution in [0.15, 0.2) is 57.4 Å². The normalized spacial score (nSPS) is 11.0. The second kappa shape index (κ2) is 6.62. The van der Waals surface area contributed by atoms with E-state index in [1.165, 1.54) is 15.9 Å². The summed E-state index contributed by atoms with van der Waals surface area (Å²) in [4.78, 5) is 28.5. The first kappa shape index (κ1) is 16.3. The van der Waals surface area contributed by atoms with Gasteiger partial charge in [0.05, 0.1) is 11.5 Å². The van der Waals surface area contributed by atoms with Gasteiger partial charge < -0.3 is 0 Å². The molecule has 0 aliphatic heterocycles. The third kappa shape index (κ3) is 2.72. The fourth-order valence-electron chi connectivity index (χ4n) is 3.14. The summed E-state index contributed by atoms with van der Waals surface area (Å²) in [5, 5.41) is 13.4. The molecule has 4 rings (SSSR count). The molecule has 0 saturated heterocycles. The van der Waals surface area contributed by atoms with Gasteiger partial charge in [0.25, 0.3) is 5.56 Å². The number of hydrogen-bond acceptors (Lipinski definition) is 4. The van der Waals surface area contributed by atoms with Gasteiger partial charge in [0, 0.05) is 23.9 Å². The van der Waals surface area contributed by atoms with Crippen LogP contribution in [0.2, 0.25) is 0 Å². The smallest absolute Gasteiger partial charge is 0.298 e. The summed E-state index contributed by atoms with van der Waals surface area (Å²) in [7, 11) is 0. The van der Waals surface area contributed by atoms with Crippen LogP contribution < -0.4 is 11.2 Å². The van der Waals surface area contributed by atoms with E-state index in [4.69, 9.17) is 5.26 Å². The van der Waals surface area contributed by atoms with Crippen molar-refractivity contribution in [3.8, 4) is 17.2 Å². The van der Waals surface area contributed by atoms with Gasteiger partial charge in [-0.1, -0.05) is 36.4 Å². The average molecular weight is 361 g/mol. The first-order valence-electron chi connectivity index (χ1n) is 8.29. The van der Waals surface area contributed by atoms with Crippen molar-refractivity contribution in [3.63, 3.8) is 0 Å². The minimum absolute atomic E-state index is 0.241. The van der Waals surface area contributed by atoms with Gasteiger partial charge in [0.1, 0.15) is 4.83 Å². The standard InChI is InChI=1S/C20H15N3O2S/c21-9-3-4-10-23-19(24)17-16(12-26-18(17)22-20(23)25)15-8-7-13-5-1-2-6-14(13)11-15/h1-2,5-8,11-12H,3-4,10H2,(H,22,25). The molecule has 2 aromatic carbocycles. The lowest BCUT2D eigenvalue weighted by atomic mass is 10.0. The number of fused-ring (bicyclic) bond motifs is 2. The van der Waals surface area contributed by atoms with E-state index in [0.717, 1.165) is 21.9 Å². The largest absolute Gasteiger partial charge is 0.329 e. The third-order valence-corrected chi connectivity index (χ3v) is 5.34. The predicted octanol–water partition coefficient (Wildman–Crippen LogP) is 3.88. The van der Waals surface area contributed by atoms with Gasteiger partial charge in [-0.05, 0) is 28.8 Å². The number of thiophene rings is 1. The highest BCUT2D eigenvalue weighted by molar-refractivity contribution is 7.17. The molecule has 0 fully saturated rings. The second-order valence-electron chi connectivity index (χ2n) is 6.06. The molecular weight excluding hydrogens is 346 g/mol. The monoisotopic (exact) mass is 361 g/mol. The van der Waals surface area contributed by atoms with Crippen molar-refractivity contribution in [2.75, 3.05) is 0 Å². The van der Waals surface area contributed by atoms with Crippen LogP contribution in [0, 0.1) is 11.3 Å². The van der Waals surface area contributed by atoms with Crippen molar-refractivity contribution in [1.29, 1.82) is 5.26 Å². The number of nitriles is 1. The van der Waals surface area contributed by atoms with Crippen molar-refractivity contribution in [1.82, 2.24) is 9.55 Å². The maximum absolute atomic E-state index is 12.9. The van der Waals surface area contributed by atoms with Crippen LogP contribution in [0.25, 0.3) is 32.1 Å². The predicted molar refractivity (Wildman–Crippen MR) is 104 cm³/mol. The molecule has 4 aromatic rings. The molecule has 5 nitrogen and oxygen atoms in total. The Balaban J connectivity index is 1.90. The molecule has 0 saturated carbocycles. The minimum Gasteiger partial charge on any atom is -0.298 e. The molecule has 0 aliphatic carbocycles. The maximum Gasteiger partial charge on any atom is 0.329 e. The van der Waals surface area contributed by atoms with Gasteiger partial charge in [-0.2, -0.15) is 5.26 Å². The highest BCUT2D eigenvalue weighted by atomic mass is 32.1. The van der Waals surface area contributed by atoms with E-state index in [-0.39, 0.29) is 12.1 Å². The first-order valence-corrected chi connectivity index (χ1v) is 9.17. The highest BCUT2D eigenvalue weighted by Crippen LogP contribution is 2.32. The lowest BCUT2D eigenvalue weighted by Crippen LogP contribution is -2.34. The zero-order valence-corrected chi connectivity index (χ0v) is 14.7. The Hall–Kier alpha value is -3.17. The summed E-state index contributed by atoms with van der Waals surface area (Å²) >= 11 is 1.36. The topological polar surface area (TPSA) is 78.7 Å². The summed E-state index contributed by atoms with van der Waals surface area (Å²) in [5.41, 5.74) is 1.05. The van der Waals surface area contributed by atoms with E-state index in [9.17, 15) is 9.59 Å². The van der Waals surface area contributed by atoms with E-state index in [0.29, 0.717) is 23.1 Å². The molecule has 0 bridgehead atoms. The maximum atomic E-state index is 12.9. The molecular formula is C20H15N3O2S. The number of nitrogens with zero attached hydrogens (tertiary/aromatic N) is 2. The Labute approximate surface area is 152 Å². The zero-order chi connectivity index (χ0) is 18.1. The van der Waals surface area contributed by atoms with Gasteiger partial charge >= 0.3 is 5.69 Å². The molecule has 6 heteroatoms. The molecule has 26 heavy (non-hydrogen) atoms. The van der Waals surface area contributed by atoms with Crippen molar-refractivity contribution in [3.05, 3.63) is 68.7 Å². The van der Waals surface area contributed by atoms with Crippen molar-refractivity contribution < 1.29 is 0 Å². The summed E-state index contributed by atoms with van der Waals surface area (Å²) < 4.78 is 1.19. The number of nitrogens with one attached hydrogen (secondary N) is 1. The Kier molecular flexibility index (Phi) is 4.15. The first-order chi connectivity index (χ1) is 12.7. The van der Waals surface area contributed by atoms with Gasteiger partial charge in [-0.3, -0.25) is 14.3 Å². The Morgan fingerprint density at radius 1 is 1.12 bits per heavy atom. The Morgan fingerprint density at radius 3 is 2.73 bits per heavy atom. The molecule has 0 aliphatic rings. The fourth-order valence-corrected chi connectivity index (χ4v) is 4.09. The van der Waals surface area contributed by atoms with Gasteiger partial charge in [-0.25, -0.2) is 4.79 Å². The van der Waals surface area contributed by atoms with Crippen LogP contribution >= 0.6 is 11.3 Å². The number of aromatic amines is 1. The van der Waals surface area contributed by atoms with Gasteiger partial charge in [0.2, 0.25) is 0 Å². The van der Waals surface area contributed by atoms with E-state index in [2.05, 4.69) is 11.1 Å². The summed E-state index contributed by atoms with van der Waals surface area (Å²) in [6.07, 6.45) is 0.783. The van der Waals surface area contributed by atoms with Crippen LogP contribution in [0.5, 0.6) is 0 Å². The number of aromatic nitrogens is 2. The quantitative estimate of drug-likeness (QED) is 0.560. The lowest BCUT2D eigenvalue weighted by Gasteiger charge is -2.06. The molecule has 0 amide bonds. The molecule has 2 heterocycles. The van der Waals surface area contributed by atoms with Crippen molar-refractivity contribution in [2.45, 2.75) is 19.4 Å². The van der Waals surface area contributed by atoms with Crippen LogP contribution in [-0.4, -0.2) is 9.55 Å². The zero-order valence-electron chi connectivity index (χ0n) is 13.9. The Morgan fingerprint density at radius 2 is 1.92 bits per heavy atom.